The topological polar surface area (TPSA) is 69.6 Å². The van der Waals surface area contributed by atoms with Crippen LogP contribution in [0.3, 0.4) is 0 Å². The number of rotatable bonds is 5. The van der Waals surface area contributed by atoms with E-state index in [2.05, 4.69) is 5.32 Å². The van der Waals surface area contributed by atoms with Gasteiger partial charge < -0.3 is 10.0 Å². The molecule has 2 rings (SSSR count). The number of aryl methyl sites for hydroxylation is 1. The van der Waals surface area contributed by atoms with Gasteiger partial charge >= 0.3 is 6.09 Å². The molecule has 5 nitrogen and oxygen atoms in total. The Morgan fingerprint density at radius 1 is 1.35 bits per heavy atom. The van der Waals surface area contributed by atoms with E-state index < -0.39 is 11.9 Å². The van der Waals surface area contributed by atoms with Gasteiger partial charge in [0.1, 0.15) is 0 Å². The van der Waals surface area contributed by atoms with Crippen molar-refractivity contribution in [3.05, 3.63) is 58.9 Å². The molecule has 0 saturated heterocycles. The van der Waals surface area contributed by atoms with Gasteiger partial charge in [-0.2, -0.15) is 0 Å². The minimum Gasteiger partial charge on any atom is -0.465 e. The number of amides is 1. The molecule has 0 saturated carbocycles. The van der Waals surface area contributed by atoms with Crippen molar-refractivity contribution in [3.63, 3.8) is 0 Å². The Bertz CT molecular complexity index is 747. The molecular weight excluding hydrogens is 299 g/mol. The van der Waals surface area contributed by atoms with Crippen LogP contribution in [0.15, 0.2) is 36.4 Å². The summed E-state index contributed by atoms with van der Waals surface area (Å²) in [6, 6.07) is 10.2. The van der Waals surface area contributed by atoms with E-state index in [1.807, 2.05) is 6.07 Å². The van der Waals surface area contributed by atoms with Crippen LogP contribution in [0.25, 0.3) is 0 Å². The maximum atomic E-state index is 14.4. The quantitative estimate of drug-likeness (QED) is 0.826. The van der Waals surface area contributed by atoms with Crippen LogP contribution in [0.2, 0.25) is 0 Å². The van der Waals surface area contributed by atoms with Crippen molar-refractivity contribution < 1.29 is 19.1 Å². The van der Waals surface area contributed by atoms with Crippen molar-refractivity contribution in [2.75, 3.05) is 17.3 Å². The van der Waals surface area contributed by atoms with Gasteiger partial charge in [-0.3, -0.25) is 10.1 Å². The van der Waals surface area contributed by atoms with Crippen LogP contribution in [-0.2, 0) is 6.54 Å². The van der Waals surface area contributed by atoms with Gasteiger partial charge in [0.15, 0.2) is 12.1 Å². The molecule has 2 N–H and O–H groups in total. The molecule has 23 heavy (non-hydrogen) atoms. The van der Waals surface area contributed by atoms with Gasteiger partial charge in [0.25, 0.3) is 0 Å². The van der Waals surface area contributed by atoms with E-state index in [1.165, 1.54) is 0 Å². The molecular formula is C17H17FN2O3. The van der Waals surface area contributed by atoms with Crippen LogP contribution < -0.4 is 10.2 Å². The first-order valence-electron chi connectivity index (χ1n) is 6.96. The Hall–Kier alpha value is -2.89. The first-order chi connectivity index (χ1) is 10.9. The molecule has 0 aliphatic carbocycles. The molecule has 2 aromatic carbocycles. The predicted octanol–water partition coefficient (Wildman–Crippen LogP) is 3.67. The first kappa shape index (κ1) is 16.5. The number of benzene rings is 2. The molecule has 0 bridgehead atoms. The molecule has 120 valence electrons. The molecule has 0 atom stereocenters. The Kier molecular flexibility index (Phi) is 4.95. The number of nitrogens with zero attached hydrogens (tertiary/aromatic N) is 1. The number of carbonyl (C=O) groups is 2. The van der Waals surface area contributed by atoms with Crippen molar-refractivity contribution >= 4 is 23.8 Å². The number of halogens is 1. The highest BCUT2D eigenvalue weighted by molar-refractivity contribution is 5.83. The van der Waals surface area contributed by atoms with Crippen molar-refractivity contribution in [1.82, 2.24) is 0 Å². The zero-order chi connectivity index (χ0) is 17.0. The third kappa shape index (κ3) is 3.85. The second kappa shape index (κ2) is 6.91. The fraction of sp³-hybridized carbons (Fsp3) is 0.176. The van der Waals surface area contributed by atoms with E-state index in [-0.39, 0.29) is 5.56 Å². The van der Waals surface area contributed by atoms with Crippen LogP contribution in [-0.4, -0.2) is 24.5 Å². The number of anilines is 2. The second-order valence-electron chi connectivity index (χ2n) is 5.23. The largest absolute Gasteiger partial charge is 0.465 e. The SMILES string of the molecule is Cc1ccc(N(C)Cc2cccc(NC(=O)O)c2)c(F)c1C=O. The maximum absolute atomic E-state index is 14.4. The fourth-order valence-corrected chi connectivity index (χ4v) is 2.35. The standard InChI is InChI=1S/C17H17FN2O3/c1-11-6-7-15(16(18)14(11)10-21)20(2)9-12-4-3-5-13(8-12)19-17(22)23/h3-8,10,19H,9H2,1-2H3,(H,22,23). The Labute approximate surface area is 133 Å². The summed E-state index contributed by atoms with van der Waals surface area (Å²) in [7, 11) is 1.71. The second-order valence-corrected chi connectivity index (χ2v) is 5.23. The summed E-state index contributed by atoms with van der Waals surface area (Å²) in [5.74, 6) is -0.553. The number of nitrogens with one attached hydrogen (secondary N) is 1. The van der Waals surface area contributed by atoms with E-state index in [1.54, 1.807) is 49.2 Å². The Balaban J connectivity index is 2.24. The number of hydrogen-bond acceptors (Lipinski definition) is 3. The molecule has 0 fully saturated rings. The minimum atomic E-state index is -1.14. The normalized spacial score (nSPS) is 10.2. The summed E-state index contributed by atoms with van der Waals surface area (Å²) in [6.07, 6.45) is -0.630. The number of hydrogen-bond donors (Lipinski definition) is 2. The Morgan fingerprint density at radius 2 is 2.09 bits per heavy atom. The first-order valence-corrected chi connectivity index (χ1v) is 6.96. The zero-order valence-corrected chi connectivity index (χ0v) is 12.8. The lowest BCUT2D eigenvalue weighted by molar-refractivity contribution is 0.111. The van der Waals surface area contributed by atoms with Crippen LogP contribution in [0.4, 0.5) is 20.6 Å². The summed E-state index contributed by atoms with van der Waals surface area (Å²) in [5.41, 5.74) is 2.21. The molecule has 0 aliphatic heterocycles. The highest BCUT2D eigenvalue weighted by Gasteiger charge is 2.14. The van der Waals surface area contributed by atoms with Gasteiger partial charge in [0.2, 0.25) is 0 Å². The van der Waals surface area contributed by atoms with Gasteiger partial charge in [-0.05, 0) is 36.2 Å². The van der Waals surface area contributed by atoms with Crippen LogP contribution in [0.1, 0.15) is 21.5 Å². The lowest BCUT2D eigenvalue weighted by atomic mass is 10.1. The summed E-state index contributed by atoms with van der Waals surface area (Å²) >= 11 is 0. The van der Waals surface area contributed by atoms with Crippen LogP contribution >= 0.6 is 0 Å². The summed E-state index contributed by atoms with van der Waals surface area (Å²) in [4.78, 5) is 23.3. The monoisotopic (exact) mass is 316 g/mol. The number of carbonyl (C=O) groups excluding carboxylic acids is 1. The highest BCUT2D eigenvalue weighted by Crippen LogP contribution is 2.25. The third-order valence-electron chi connectivity index (χ3n) is 3.50. The predicted molar refractivity (Wildman–Crippen MR) is 86.7 cm³/mol. The smallest absolute Gasteiger partial charge is 0.409 e. The van der Waals surface area contributed by atoms with E-state index in [9.17, 15) is 14.0 Å². The molecule has 0 radical (unpaired) electrons. The number of carboxylic acid groups (broad SMARTS) is 1. The zero-order valence-electron chi connectivity index (χ0n) is 12.8. The average Bonchev–Trinajstić information content (AvgIpc) is 2.47. The lowest BCUT2D eigenvalue weighted by Crippen LogP contribution is -2.19. The van der Waals surface area contributed by atoms with Crippen molar-refractivity contribution in [2.24, 2.45) is 0 Å². The summed E-state index contributed by atoms with van der Waals surface area (Å²) in [6.45, 7) is 2.05. The van der Waals surface area contributed by atoms with Crippen LogP contribution in [0.5, 0.6) is 0 Å². The molecule has 0 heterocycles. The van der Waals surface area contributed by atoms with E-state index in [0.29, 0.717) is 29.8 Å². The molecule has 0 aliphatic rings. The average molecular weight is 316 g/mol. The molecule has 2 aromatic rings. The van der Waals surface area contributed by atoms with Crippen molar-refractivity contribution in [1.29, 1.82) is 0 Å². The summed E-state index contributed by atoms with van der Waals surface area (Å²) < 4.78 is 14.4. The number of aldehydes is 1. The van der Waals surface area contributed by atoms with Gasteiger partial charge in [0.05, 0.1) is 11.3 Å². The fourth-order valence-electron chi connectivity index (χ4n) is 2.35. The highest BCUT2D eigenvalue weighted by atomic mass is 19.1. The third-order valence-corrected chi connectivity index (χ3v) is 3.50. The minimum absolute atomic E-state index is 0.0515. The van der Waals surface area contributed by atoms with E-state index in [4.69, 9.17) is 5.11 Å². The molecule has 0 spiro atoms. The van der Waals surface area contributed by atoms with E-state index in [0.717, 1.165) is 5.56 Å². The Morgan fingerprint density at radius 3 is 2.74 bits per heavy atom. The van der Waals surface area contributed by atoms with E-state index >= 15 is 0 Å². The molecule has 0 aromatic heterocycles. The molecule has 0 unspecified atom stereocenters. The van der Waals surface area contributed by atoms with Gasteiger partial charge in [-0.25, -0.2) is 9.18 Å². The molecule has 6 heteroatoms. The van der Waals surface area contributed by atoms with Crippen molar-refractivity contribution in [2.45, 2.75) is 13.5 Å². The van der Waals surface area contributed by atoms with Gasteiger partial charge in [0, 0.05) is 19.3 Å². The summed E-state index contributed by atoms with van der Waals surface area (Å²) in [5, 5.41) is 11.0. The molecule has 1 amide bonds. The van der Waals surface area contributed by atoms with Gasteiger partial charge in [-0.1, -0.05) is 18.2 Å². The lowest BCUT2D eigenvalue weighted by Gasteiger charge is -2.21. The maximum Gasteiger partial charge on any atom is 0.409 e. The van der Waals surface area contributed by atoms with Gasteiger partial charge in [-0.15, -0.1) is 0 Å². The van der Waals surface area contributed by atoms with Crippen LogP contribution in [0, 0.1) is 12.7 Å². The van der Waals surface area contributed by atoms with Crippen molar-refractivity contribution in [3.8, 4) is 0 Å².